The van der Waals surface area contributed by atoms with Crippen molar-refractivity contribution in [2.24, 2.45) is 5.92 Å². The van der Waals surface area contributed by atoms with E-state index >= 15 is 0 Å². The summed E-state index contributed by atoms with van der Waals surface area (Å²) in [7, 11) is 0. The normalized spacial score (nSPS) is 12.8. The first-order valence-corrected chi connectivity index (χ1v) is 8.22. The van der Waals surface area contributed by atoms with E-state index in [0.717, 1.165) is 44.2 Å². The molecule has 0 aliphatic rings. The van der Waals surface area contributed by atoms with Gasteiger partial charge in [0.05, 0.1) is 6.10 Å². The van der Waals surface area contributed by atoms with Gasteiger partial charge in [0.1, 0.15) is 0 Å². The average Bonchev–Trinajstić information content (AvgIpc) is 2.46. The maximum absolute atomic E-state index is 10.1. The van der Waals surface area contributed by atoms with Crippen molar-refractivity contribution in [1.29, 1.82) is 0 Å². The first-order valence-electron chi connectivity index (χ1n) is 8.22. The summed E-state index contributed by atoms with van der Waals surface area (Å²) in [5, 5.41) is 22.1. The van der Waals surface area contributed by atoms with Crippen molar-refractivity contribution in [2.45, 2.75) is 52.1 Å². The highest BCUT2D eigenvalue weighted by Gasteiger charge is 2.07. The maximum atomic E-state index is 10.1. The first kappa shape index (κ1) is 18.1. The van der Waals surface area contributed by atoms with Crippen LogP contribution in [0.3, 0.4) is 0 Å². The molecule has 3 nitrogen and oxygen atoms in total. The van der Waals surface area contributed by atoms with Crippen molar-refractivity contribution in [3.05, 3.63) is 35.4 Å². The molecule has 3 N–H and O–H groups in total. The highest BCUT2D eigenvalue weighted by atomic mass is 16.3. The number of benzene rings is 1. The summed E-state index contributed by atoms with van der Waals surface area (Å²) < 4.78 is 0. The Balaban J connectivity index is 2.21. The molecular formula is C18H31NO2. The van der Waals surface area contributed by atoms with Gasteiger partial charge < -0.3 is 15.5 Å². The molecule has 120 valence electrons. The second-order valence-electron chi connectivity index (χ2n) is 6.20. The number of unbranched alkanes of at least 4 members (excludes halogenated alkanes) is 3. The van der Waals surface area contributed by atoms with Gasteiger partial charge in [-0.2, -0.15) is 0 Å². The van der Waals surface area contributed by atoms with Crippen molar-refractivity contribution in [3.8, 4) is 0 Å². The van der Waals surface area contributed by atoms with Gasteiger partial charge in [-0.05, 0) is 42.9 Å². The van der Waals surface area contributed by atoms with Gasteiger partial charge in [-0.15, -0.1) is 0 Å². The quantitative estimate of drug-likeness (QED) is 0.550. The largest absolute Gasteiger partial charge is 0.396 e. The maximum Gasteiger partial charge on any atom is 0.0914 e. The van der Waals surface area contributed by atoms with E-state index in [1.54, 1.807) is 0 Å². The predicted molar refractivity (Wildman–Crippen MR) is 88.4 cm³/mol. The van der Waals surface area contributed by atoms with Crippen LogP contribution in [0.15, 0.2) is 24.3 Å². The minimum absolute atomic E-state index is 0.291. The zero-order valence-corrected chi connectivity index (χ0v) is 13.5. The van der Waals surface area contributed by atoms with Gasteiger partial charge in [-0.25, -0.2) is 0 Å². The summed E-state index contributed by atoms with van der Waals surface area (Å²) in [6.45, 7) is 6.25. The number of nitrogens with one attached hydrogen (secondary N) is 1. The van der Waals surface area contributed by atoms with Gasteiger partial charge in [-0.1, -0.05) is 51.0 Å². The number of aliphatic hydroxyl groups is 2. The minimum atomic E-state index is -0.435. The van der Waals surface area contributed by atoms with Crippen LogP contribution in [0.1, 0.15) is 56.8 Å². The van der Waals surface area contributed by atoms with Crippen LogP contribution in [0.25, 0.3) is 0 Å². The van der Waals surface area contributed by atoms with Crippen LogP contribution in [-0.4, -0.2) is 29.9 Å². The van der Waals surface area contributed by atoms with E-state index in [0.29, 0.717) is 19.1 Å². The third-order valence-corrected chi connectivity index (χ3v) is 3.61. The van der Waals surface area contributed by atoms with Crippen LogP contribution in [-0.2, 0) is 6.42 Å². The summed E-state index contributed by atoms with van der Waals surface area (Å²) in [5.41, 5.74) is 2.31. The van der Waals surface area contributed by atoms with Crippen molar-refractivity contribution >= 4 is 0 Å². The first-order chi connectivity index (χ1) is 10.1. The molecule has 1 aromatic rings. The predicted octanol–water partition coefficient (Wildman–Crippen LogP) is 3.06. The summed E-state index contributed by atoms with van der Waals surface area (Å²) in [5.74, 6) is 0.660. The fraction of sp³-hybridized carbons (Fsp3) is 0.667. The third kappa shape index (κ3) is 8.20. The van der Waals surface area contributed by atoms with Crippen LogP contribution in [0, 0.1) is 5.92 Å². The second-order valence-corrected chi connectivity index (χ2v) is 6.20. The van der Waals surface area contributed by atoms with E-state index < -0.39 is 6.10 Å². The van der Waals surface area contributed by atoms with Gasteiger partial charge >= 0.3 is 0 Å². The highest BCUT2D eigenvalue weighted by molar-refractivity contribution is 5.24. The molecule has 1 aromatic carbocycles. The number of aliphatic hydroxyl groups excluding tert-OH is 2. The topological polar surface area (TPSA) is 52.5 Å². The summed E-state index contributed by atoms with van der Waals surface area (Å²) in [6.07, 6.45) is 4.86. The van der Waals surface area contributed by atoms with Crippen molar-refractivity contribution in [3.63, 3.8) is 0 Å². The number of rotatable bonds is 11. The Morgan fingerprint density at radius 2 is 1.67 bits per heavy atom. The average molecular weight is 293 g/mol. The molecule has 0 heterocycles. The summed E-state index contributed by atoms with van der Waals surface area (Å²) >= 11 is 0. The van der Waals surface area contributed by atoms with E-state index in [1.807, 2.05) is 12.1 Å². The summed E-state index contributed by atoms with van der Waals surface area (Å²) in [4.78, 5) is 0. The fourth-order valence-corrected chi connectivity index (χ4v) is 2.42. The minimum Gasteiger partial charge on any atom is -0.396 e. The molecule has 0 saturated heterocycles. The lowest BCUT2D eigenvalue weighted by molar-refractivity contribution is 0.174. The molecule has 0 aliphatic carbocycles. The van der Waals surface area contributed by atoms with E-state index in [4.69, 9.17) is 5.11 Å². The van der Waals surface area contributed by atoms with Crippen LogP contribution in [0.5, 0.6) is 0 Å². The van der Waals surface area contributed by atoms with E-state index in [1.165, 1.54) is 5.56 Å². The molecule has 0 spiro atoms. The smallest absolute Gasteiger partial charge is 0.0914 e. The Labute approximate surface area is 129 Å². The Bertz CT molecular complexity index is 362. The molecule has 0 radical (unpaired) electrons. The number of hydrogen-bond donors (Lipinski definition) is 3. The van der Waals surface area contributed by atoms with E-state index in [-0.39, 0.29) is 0 Å². The molecule has 0 aromatic heterocycles. The second kappa shape index (κ2) is 10.8. The van der Waals surface area contributed by atoms with Crippen molar-refractivity contribution in [2.75, 3.05) is 19.7 Å². The molecule has 0 fully saturated rings. The molecular weight excluding hydrogens is 262 g/mol. The van der Waals surface area contributed by atoms with Gasteiger partial charge in [0.15, 0.2) is 0 Å². The molecule has 0 saturated carbocycles. The van der Waals surface area contributed by atoms with E-state index in [2.05, 4.69) is 31.3 Å². The lowest BCUT2D eigenvalue weighted by Gasteiger charge is -2.13. The fourth-order valence-electron chi connectivity index (χ4n) is 2.42. The monoisotopic (exact) mass is 293 g/mol. The molecule has 0 bridgehead atoms. The molecule has 3 heteroatoms. The highest BCUT2D eigenvalue weighted by Crippen LogP contribution is 2.15. The lowest BCUT2D eigenvalue weighted by atomic mass is 10.0. The molecule has 1 rings (SSSR count). The SMILES string of the molecule is CC(C)Cc1ccc(C(O)CNCCCCCCO)cc1. The summed E-state index contributed by atoms with van der Waals surface area (Å²) in [6, 6.07) is 8.30. The third-order valence-electron chi connectivity index (χ3n) is 3.61. The Morgan fingerprint density at radius 3 is 2.29 bits per heavy atom. The van der Waals surface area contributed by atoms with Crippen molar-refractivity contribution in [1.82, 2.24) is 5.32 Å². The lowest BCUT2D eigenvalue weighted by Crippen LogP contribution is -2.22. The number of hydrogen-bond acceptors (Lipinski definition) is 3. The Kier molecular flexibility index (Phi) is 9.31. The molecule has 1 atom stereocenters. The van der Waals surface area contributed by atoms with Crippen LogP contribution in [0.2, 0.25) is 0 Å². The van der Waals surface area contributed by atoms with Crippen LogP contribution >= 0.6 is 0 Å². The van der Waals surface area contributed by atoms with Gasteiger partial charge in [0.2, 0.25) is 0 Å². The van der Waals surface area contributed by atoms with E-state index in [9.17, 15) is 5.11 Å². The van der Waals surface area contributed by atoms with Crippen LogP contribution < -0.4 is 5.32 Å². The van der Waals surface area contributed by atoms with Crippen molar-refractivity contribution < 1.29 is 10.2 Å². The standard InChI is InChI=1S/C18H31NO2/c1-15(2)13-16-7-9-17(10-8-16)18(21)14-19-11-5-3-4-6-12-20/h7-10,15,18-21H,3-6,11-14H2,1-2H3. The zero-order chi connectivity index (χ0) is 15.5. The molecule has 0 amide bonds. The molecule has 21 heavy (non-hydrogen) atoms. The van der Waals surface area contributed by atoms with Gasteiger partial charge in [0.25, 0.3) is 0 Å². The molecule has 0 aliphatic heterocycles. The van der Waals surface area contributed by atoms with Crippen LogP contribution in [0.4, 0.5) is 0 Å². The van der Waals surface area contributed by atoms with Gasteiger partial charge in [-0.3, -0.25) is 0 Å². The zero-order valence-electron chi connectivity index (χ0n) is 13.5. The van der Waals surface area contributed by atoms with Gasteiger partial charge in [0, 0.05) is 13.2 Å². The Morgan fingerprint density at radius 1 is 1.00 bits per heavy atom. The molecule has 1 unspecified atom stereocenters. The Hall–Kier alpha value is -0.900.